The quantitative estimate of drug-likeness (QED) is 0.185. The van der Waals surface area contributed by atoms with Crippen LogP contribution in [0, 0.1) is 0 Å². The summed E-state index contributed by atoms with van der Waals surface area (Å²) in [5, 5.41) is 7.26. The molecule has 0 amide bonds. The molecule has 254 valence electrons. The van der Waals surface area contributed by atoms with Gasteiger partial charge in [-0.15, -0.1) is 0 Å². The summed E-state index contributed by atoms with van der Waals surface area (Å²) in [6.07, 6.45) is 0. The highest BCUT2D eigenvalue weighted by Gasteiger charge is 2.37. The third-order valence-electron chi connectivity index (χ3n) is 11.4. The van der Waals surface area contributed by atoms with Crippen LogP contribution in [0.25, 0.3) is 94.3 Å². The number of rotatable bonds is 4. The lowest BCUT2D eigenvalue weighted by molar-refractivity contribution is 0.661. The maximum atomic E-state index is 5.26. The molecule has 11 rings (SSSR count). The van der Waals surface area contributed by atoms with Gasteiger partial charge in [0, 0.05) is 32.9 Å². The van der Waals surface area contributed by atoms with E-state index in [0.717, 1.165) is 38.5 Å². The van der Waals surface area contributed by atoms with Crippen molar-refractivity contribution in [3.05, 3.63) is 181 Å². The van der Waals surface area contributed by atoms with E-state index in [-0.39, 0.29) is 5.41 Å². The first-order valence-corrected chi connectivity index (χ1v) is 18.5. The summed E-state index contributed by atoms with van der Waals surface area (Å²) in [5.41, 5.74) is 11.5. The number of nitrogens with zero attached hydrogens (tertiary/aromatic N) is 4. The molecule has 0 unspecified atom stereocenters. The summed E-state index contributed by atoms with van der Waals surface area (Å²) in [6, 6.07) is 60.7. The van der Waals surface area contributed by atoms with Crippen LogP contribution in [0.5, 0.6) is 0 Å². The zero-order valence-electron chi connectivity index (χ0n) is 30.0. The second kappa shape index (κ2) is 11.5. The molecule has 2 heterocycles. The molecule has 0 N–H and O–H groups in total. The Labute approximate surface area is 313 Å². The Bertz CT molecular complexity index is 3060. The molecule has 1 aliphatic carbocycles. The zero-order chi connectivity index (χ0) is 36.0. The van der Waals surface area contributed by atoms with Crippen LogP contribution < -0.4 is 0 Å². The predicted octanol–water partition coefficient (Wildman–Crippen LogP) is 12.6. The molecule has 2 aromatic heterocycles. The fourth-order valence-electron chi connectivity index (χ4n) is 8.76. The molecule has 10 aromatic rings. The first-order chi connectivity index (χ1) is 26.5. The standard InChI is InChI=1S/C50H34N4/c1-50(2)42-27-25-31-14-11-12-21-37(31)45(42)40-26-24-36(29-43(40)50)38-22-13-23-39-41-28-34-19-9-10-20-35(34)30-44(41)54(46(38)39)49-52-47(32-15-5-3-6-16-32)51-48(53-49)33-17-7-4-8-18-33/h3-30H,1-2H3. The minimum absolute atomic E-state index is 0.160. The van der Waals surface area contributed by atoms with E-state index in [1.165, 1.54) is 49.4 Å². The monoisotopic (exact) mass is 690 g/mol. The number of aromatic nitrogens is 4. The van der Waals surface area contributed by atoms with Crippen molar-refractivity contribution < 1.29 is 0 Å². The summed E-state index contributed by atoms with van der Waals surface area (Å²) in [6.45, 7) is 4.72. The van der Waals surface area contributed by atoms with Crippen LogP contribution in [-0.4, -0.2) is 19.5 Å². The SMILES string of the molecule is CC1(C)c2cc(-c3cccc4c5cc6ccccc6cc5n(-c5nc(-c6ccccc6)nc(-c6ccccc6)n5)c34)ccc2-c2c1ccc1ccccc21. The van der Waals surface area contributed by atoms with E-state index in [1.54, 1.807) is 0 Å². The van der Waals surface area contributed by atoms with E-state index < -0.39 is 0 Å². The van der Waals surface area contributed by atoms with Crippen molar-refractivity contribution >= 4 is 43.4 Å². The van der Waals surface area contributed by atoms with Gasteiger partial charge in [0.15, 0.2) is 11.6 Å². The van der Waals surface area contributed by atoms with Gasteiger partial charge in [-0.2, -0.15) is 9.97 Å². The molecule has 4 heteroatoms. The fourth-order valence-corrected chi connectivity index (χ4v) is 8.76. The average molecular weight is 691 g/mol. The Balaban J connectivity index is 1.22. The number of para-hydroxylation sites is 1. The smallest absolute Gasteiger partial charge is 0.238 e. The van der Waals surface area contributed by atoms with Gasteiger partial charge in [0.2, 0.25) is 5.95 Å². The summed E-state index contributed by atoms with van der Waals surface area (Å²) >= 11 is 0. The Morgan fingerprint density at radius 3 is 1.78 bits per heavy atom. The Hall–Kier alpha value is -6.91. The van der Waals surface area contributed by atoms with Gasteiger partial charge in [-0.05, 0) is 67.6 Å². The molecule has 0 aliphatic heterocycles. The molecule has 4 nitrogen and oxygen atoms in total. The van der Waals surface area contributed by atoms with Gasteiger partial charge in [0.05, 0.1) is 11.0 Å². The predicted molar refractivity (Wildman–Crippen MR) is 223 cm³/mol. The molecule has 54 heavy (non-hydrogen) atoms. The summed E-state index contributed by atoms with van der Waals surface area (Å²) in [4.78, 5) is 15.6. The van der Waals surface area contributed by atoms with Crippen molar-refractivity contribution in [2.75, 3.05) is 0 Å². The van der Waals surface area contributed by atoms with Gasteiger partial charge in [-0.3, -0.25) is 4.57 Å². The van der Waals surface area contributed by atoms with E-state index in [2.05, 4.69) is 152 Å². The lowest BCUT2D eigenvalue weighted by Crippen LogP contribution is -2.15. The van der Waals surface area contributed by atoms with Crippen LogP contribution in [0.4, 0.5) is 0 Å². The molecule has 0 saturated carbocycles. The largest absolute Gasteiger partial charge is 0.277 e. The number of fused-ring (bicyclic) bond motifs is 9. The molecule has 0 fully saturated rings. The summed E-state index contributed by atoms with van der Waals surface area (Å²) in [7, 11) is 0. The number of hydrogen-bond donors (Lipinski definition) is 0. The molecule has 1 aliphatic rings. The van der Waals surface area contributed by atoms with Crippen LogP contribution in [0.2, 0.25) is 0 Å². The summed E-state index contributed by atoms with van der Waals surface area (Å²) < 4.78 is 2.27. The fraction of sp³-hybridized carbons (Fsp3) is 0.0600. The minimum Gasteiger partial charge on any atom is -0.277 e. The average Bonchev–Trinajstić information content (AvgIpc) is 3.68. The van der Waals surface area contributed by atoms with Crippen LogP contribution in [-0.2, 0) is 5.41 Å². The van der Waals surface area contributed by atoms with Crippen LogP contribution in [0.3, 0.4) is 0 Å². The van der Waals surface area contributed by atoms with Crippen molar-refractivity contribution in [2.24, 2.45) is 0 Å². The molecule has 0 radical (unpaired) electrons. The van der Waals surface area contributed by atoms with E-state index >= 15 is 0 Å². The topological polar surface area (TPSA) is 43.6 Å². The lowest BCUT2D eigenvalue weighted by Gasteiger charge is -2.22. The highest BCUT2D eigenvalue weighted by Crippen LogP contribution is 2.52. The van der Waals surface area contributed by atoms with Crippen molar-refractivity contribution in [3.63, 3.8) is 0 Å². The first-order valence-electron chi connectivity index (χ1n) is 18.5. The number of benzene rings is 8. The van der Waals surface area contributed by atoms with Gasteiger partial charge in [0.25, 0.3) is 0 Å². The lowest BCUT2D eigenvalue weighted by atomic mass is 9.81. The van der Waals surface area contributed by atoms with Gasteiger partial charge in [-0.25, -0.2) is 4.98 Å². The number of hydrogen-bond acceptors (Lipinski definition) is 3. The van der Waals surface area contributed by atoms with Gasteiger partial charge in [0.1, 0.15) is 0 Å². The molecular weight excluding hydrogens is 657 g/mol. The molecule has 0 saturated heterocycles. The first kappa shape index (κ1) is 30.7. The zero-order valence-corrected chi connectivity index (χ0v) is 30.0. The Morgan fingerprint density at radius 2 is 1.06 bits per heavy atom. The third kappa shape index (κ3) is 4.53. The molecule has 8 aromatic carbocycles. The highest BCUT2D eigenvalue weighted by atomic mass is 15.2. The van der Waals surface area contributed by atoms with E-state index in [9.17, 15) is 0 Å². The van der Waals surface area contributed by atoms with Crippen molar-refractivity contribution in [1.82, 2.24) is 19.5 Å². The van der Waals surface area contributed by atoms with E-state index in [0.29, 0.717) is 17.6 Å². The van der Waals surface area contributed by atoms with Crippen molar-refractivity contribution in [1.29, 1.82) is 0 Å². The maximum absolute atomic E-state index is 5.26. The van der Waals surface area contributed by atoms with Gasteiger partial charge < -0.3 is 0 Å². The second-order valence-corrected chi connectivity index (χ2v) is 14.9. The summed E-state index contributed by atoms with van der Waals surface area (Å²) in [5.74, 6) is 1.86. The highest BCUT2D eigenvalue weighted by molar-refractivity contribution is 6.17. The molecule has 0 bridgehead atoms. The van der Waals surface area contributed by atoms with Gasteiger partial charge in [-0.1, -0.05) is 166 Å². The van der Waals surface area contributed by atoms with E-state index in [1.807, 2.05) is 36.4 Å². The van der Waals surface area contributed by atoms with E-state index in [4.69, 9.17) is 15.0 Å². The van der Waals surface area contributed by atoms with Crippen molar-refractivity contribution in [2.45, 2.75) is 19.3 Å². The molecule has 0 atom stereocenters. The van der Waals surface area contributed by atoms with Gasteiger partial charge >= 0.3 is 0 Å². The van der Waals surface area contributed by atoms with Crippen LogP contribution in [0.15, 0.2) is 170 Å². The maximum Gasteiger partial charge on any atom is 0.238 e. The Kier molecular flexibility index (Phi) is 6.56. The normalized spacial score (nSPS) is 13.1. The second-order valence-electron chi connectivity index (χ2n) is 14.9. The Morgan fingerprint density at radius 1 is 0.426 bits per heavy atom. The molecule has 0 spiro atoms. The van der Waals surface area contributed by atoms with Crippen molar-refractivity contribution in [3.8, 4) is 51.0 Å². The third-order valence-corrected chi connectivity index (χ3v) is 11.4. The minimum atomic E-state index is -0.160. The molecular formula is C50H34N4. The van der Waals surface area contributed by atoms with Crippen LogP contribution in [0.1, 0.15) is 25.0 Å². The van der Waals surface area contributed by atoms with Crippen LogP contribution >= 0.6 is 0 Å².